The Hall–Kier alpha value is -0.520. The summed E-state index contributed by atoms with van der Waals surface area (Å²) in [5.74, 6) is 5.94. The second kappa shape index (κ2) is 4.05. The monoisotopic (exact) mass is 216 g/mol. The highest BCUT2D eigenvalue weighted by atomic mass is 14.5. The Kier molecular flexibility index (Phi) is 2.69. The fourth-order valence-corrected chi connectivity index (χ4v) is 3.78. The molecule has 0 amide bonds. The molecule has 0 aliphatic heterocycles. The van der Waals surface area contributed by atoms with Crippen LogP contribution in [0.4, 0.5) is 0 Å². The fraction of sp³-hybridized carbons (Fsp3) is 0.750. The topological polar surface area (TPSA) is 0 Å². The van der Waals surface area contributed by atoms with Crippen LogP contribution in [0, 0.1) is 35.5 Å². The summed E-state index contributed by atoms with van der Waals surface area (Å²) in [4.78, 5) is 0. The van der Waals surface area contributed by atoms with Gasteiger partial charge in [0.2, 0.25) is 0 Å². The molecule has 3 saturated carbocycles. The highest BCUT2D eigenvalue weighted by Gasteiger charge is 2.42. The van der Waals surface area contributed by atoms with E-state index in [-0.39, 0.29) is 0 Å². The average molecular weight is 216 g/mol. The molecule has 3 rings (SSSR count). The summed E-state index contributed by atoms with van der Waals surface area (Å²) in [6, 6.07) is 0. The molecule has 16 heavy (non-hydrogen) atoms. The SMILES string of the molecule is C=CC1CC1CC1CC(CC2CC2C=C)C1. The maximum absolute atomic E-state index is 3.89. The molecule has 3 aliphatic rings. The first-order valence-corrected chi connectivity index (χ1v) is 7.05. The van der Waals surface area contributed by atoms with Gasteiger partial charge in [-0.2, -0.15) is 0 Å². The maximum atomic E-state index is 3.89. The molecule has 0 bridgehead atoms. The lowest BCUT2D eigenvalue weighted by molar-refractivity contribution is 0.156. The number of hydrogen-bond acceptors (Lipinski definition) is 0. The van der Waals surface area contributed by atoms with Crippen molar-refractivity contribution in [2.75, 3.05) is 0 Å². The van der Waals surface area contributed by atoms with Crippen LogP contribution in [-0.2, 0) is 0 Å². The summed E-state index contributed by atoms with van der Waals surface area (Å²) in [6.07, 6.45) is 13.3. The summed E-state index contributed by atoms with van der Waals surface area (Å²) < 4.78 is 0. The van der Waals surface area contributed by atoms with E-state index in [1.54, 1.807) is 0 Å². The summed E-state index contributed by atoms with van der Waals surface area (Å²) in [6.45, 7) is 7.79. The van der Waals surface area contributed by atoms with E-state index in [9.17, 15) is 0 Å². The average Bonchev–Trinajstić information content (AvgIpc) is 3.09. The van der Waals surface area contributed by atoms with Gasteiger partial charge in [0.1, 0.15) is 0 Å². The van der Waals surface area contributed by atoms with Crippen LogP contribution in [0.5, 0.6) is 0 Å². The summed E-state index contributed by atoms with van der Waals surface area (Å²) in [7, 11) is 0. The molecular formula is C16H24. The Morgan fingerprint density at radius 1 is 0.750 bits per heavy atom. The molecule has 88 valence electrons. The maximum Gasteiger partial charge on any atom is -0.0205 e. The molecule has 3 aliphatic carbocycles. The normalized spacial score (nSPS) is 49.2. The Labute approximate surface area is 99.8 Å². The van der Waals surface area contributed by atoms with Crippen LogP contribution >= 0.6 is 0 Å². The molecule has 4 atom stereocenters. The molecule has 0 spiro atoms. The largest absolute Gasteiger partial charge is 0.103 e. The van der Waals surface area contributed by atoms with Crippen molar-refractivity contribution in [2.24, 2.45) is 35.5 Å². The Morgan fingerprint density at radius 2 is 1.19 bits per heavy atom. The second-order valence-corrected chi connectivity index (χ2v) is 6.47. The van der Waals surface area contributed by atoms with Crippen molar-refractivity contribution in [1.29, 1.82) is 0 Å². The van der Waals surface area contributed by atoms with Crippen molar-refractivity contribution in [1.82, 2.24) is 0 Å². The van der Waals surface area contributed by atoms with Crippen LogP contribution in [0.1, 0.15) is 38.5 Å². The van der Waals surface area contributed by atoms with Gasteiger partial charge < -0.3 is 0 Å². The predicted octanol–water partition coefficient (Wildman–Crippen LogP) is 4.44. The first-order valence-electron chi connectivity index (χ1n) is 7.05. The first kappa shape index (κ1) is 10.6. The van der Waals surface area contributed by atoms with Crippen molar-refractivity contribution in [3.8, 4) is 0 Å². The molecule has 0 N–H and O–H groups in total. The Bertz CT molecular complexity index is 256. The third kappa shape index (κ3) is 2.12. The third-order valence-electron chi connectivity index (χ3n) is 5.17. The number of allylic oxidation sites excluding steroid dienone is 2. The van der Waals surface area contributed by atoms with Gasteiger partial charge in [0, 0.05) is 0 Å². The van der Waals surface area contributed by atoms with Crippen molar-refractivity contribution in [3.05, 3.63) is 25.3 Å². The zero-order valence-electron chi connectivity index (χ0n) is 10.3. The minimum absolute atomic E-state index is 0.882. The molecule has 0 nitrogen and oxygen atoms in total. The molecule has 0 saturated heterocycles. The van der Waals surface area contributed by atoms with E-state index in [0.717, 1.165) is 35.5 Å². The number of rotatable bonds is 6. The summed E-state index contributed by atoms with van der Waals surface area (Å²) >= 11 is 0. The van der Waals surface area contributed by atoms with E-state index in [0.29, 0.717) is 0 Å². The minimum atomic E-state index is 0.882. The zero-order chi connectivity index (χ0) is 11.1. The van der Waals surface area contributed by atoms with Crippen LogP contribution < -0.4 is 0 Å². The minimum Gasteiger partial charge on any atom is -0.103 e. The van der Waals surface area contributed by atoms with E-state index in [2.05, 4.69) is 25.3 Å². The van der Waals surface area contributed by atoms with Gasteiger partial charge in [0.15, 0.2) is 0 Å². The van der Waals surface area contributed by atoms with Crippen LogP contribution in [0.2, 0.25) is 0 Å². The Balaban J connectivity index is 1.30. The van der Waals surface area contributed by atoms with Gasteiger partial charge in [-0.3, -0.25) is 0 Å². The molecular weight excluding hydrogens is 192 g/mol. The quantitative estimate of drug-likeness (QED) is 0.576. The van der Waals surface area contributed by atoms with Gasteiger partial charge in [-0.05, 0) is 74.0 Å². The van der Waals surface area contributed by atoms with E-state index >= 15 is 0 Å². The lowest BCUT2D eigenvalue weighted by atomic mass is 9.70. The van der Waals surface area contributed by atoms with E-state index in [1.807, 2.05) is 0 Å². The van der Waals surface area contributed by atoms with Crippen molar-refractivity contribution in [3.63, 3.8) is 0 Å². The molecule has 0 heterocycles. The zero-order valence-corrected chi connectivity index (χ0v) is 10.3. The van der Waals surface area contributed by atoms with Crippen molar-refractivity contribution in [2.45, 2.75) is 38.5 Å². The van der Waals surface area contributed by atoms with Crippen molar-refractivity contribution >= 4 is 0 Å². The molecule has 0 aromatic rings. The van der Waals surface area contributed by atoms with Crippen LogP contribution in [-0.4, -0.2) is 0 Å². The van der Waals surface area contributed by atoms with Gasteiger partial charge >= 0.3 is 0 Å². The van der Waals surface area contributed by atoms with Gasteiger partial charge in [0.25, 0.3) is 0 Å². The highest BCUT2D eigenvalue weighted by molar-refractivity contribution is 5.02. The van der Waals surface area contributed by atoms with E-state index in [4.69, 9.17) is 0 Å². The first-order chi connectivity index (χ1) is 7.80. The van der Waals surface area contributed by atoms with Gasteiger partial charge in [-0.15, -0.1) is 13.2 Å². The smallest absolute Gasteiger partial charge is 0.0205 e. The second-order valence-electron chi connectivity index (χ2n) is 6.47. The summed E-state index contributed by atoms with van der Waals surface area (Å²) in [5.41, 5.74) is 0. The number of hydrogen-bond donors (Lipinski definition) is 0. The molecule has 0 heteroatoms. The Morgan fingerprint density at radius 3 is 1.50 bits per heavy atom. The fourth-order valence-electron chi connectivity index (χ4n) is 3.78. The lowest BCUT2D eigenvalue weighted by Gasteiger charge is -2.36. The molecule has 4 unspecified atom stereocenters. The van der Waals surface area contributed by atoms with Crippen molar-refractivity contribution < 1.29 is 0 Å². The van der Waals surface area contributed by atoms with Gasteiger partial charge in [0.05, 0.1) is 0 Å². The summed E-state index contributed by atoms with van der Waals surface area (Å²) in [5, 5.41) is 0. The highest BCUT2D eigenvalue weighted by Crippen LogP contribution is 2.53. The third-order valence-corrected chi connectivity index (χ3v) is 5.17. The molecule has 0 radical (unpaired) electrons. The molecule has 0 aromatic heterocycles. The van der Waals surface area contributed by atoms with Crippen LogP contribution in [0.15, 0.2) is 25.3 Å². The molecule has 0 aromatic carbocycles. The van der Waals surface area contributed by atoms with Crippen LogP contribution in [0.25, 0.3) is 0 Å². The lowest BCUT2D eigenvalue weighted by Crippen LogP contribution is -2.24. The van der Waals surface area contributed by atoms with E-state index in [1.165, 1.54) is 38.5 Å². The van der Waals surface area contributed by atoms with Gasteiger partial charge in [-0.1, -0.05) is 12.2 Å². The van der Waals surface area contributed by atoms with Gasteiger partial charge in [-0.25, -0.2) is 0 Å². The van der Waals surface area contributed by atoms with E-state index < -0.39 is 0 Å². The molecule has 3 fully saturated rings. The standard InChI is InChI=1S/C16H24/c1-3-13-9-15(13)7-11-5-12(6-11)8-16-10-14(16)4-2/h3-4,11-16H,1-2,5-10H2. The predicted molar refractivity (Wildman–Crippen MR) is 69.0 cm³/mol. The van der Waals surface area contributed by atoms with Crippen LogP contribution in [0.3, 0.4) is 0 Å².